The fourth-order valence-electron chi connectivity index (χ4n) is 2.95. The van der Waals surface area contributed by atoms with Crippen molar-refractivity contribution in [1.82, 2.24) is 15.2 Å². The van der Waals surface area contributed by atoms with Crippen LogP contribution in [0.4, 0.5) is 0 Å². The molecule has 0 spiro atoms. The smallest absolute Gasteiger partial charge is 0.253 e. The van der Waals surface area contributed by atoms with Gasteiger partial charge in [-0.3, -0.25) is 14.6 Å². The van der Waals surface area contributed by atoms with E-state index in [-0.39, 0.29) is 11.8 Å². The van der Waals surface area contributed by atoms with Gasteiger partial charge in [0.05, 0.1) is 0 Å². The van der Waals surface area contributed by atoms with Crippen LogP contribution >= 0.6 is 0 Å². The fourth-order valence-corrected chi connectivity index (χ4v) is 2.95. The summed E-state index contributed by atoms with van der Waals surface area (Å²) >= 11 is 0. The van der Waals surface area contributed by atoms with Gasteiger partial charge in [-0.1, -0.05) is 13.0 Å². The predicted molar refractivity (Wildman–Crippen MR) is 96.2 cm³/mol. The van der Waals surface area contributed by atoms with Crippen LogP contribution in [0.1, 0.15) is 46.0 Å². The topological polar surface area (TPSA) is 62.3 Å². The Morgan fingerprint density at radius 1 is 1.12 bits per heavy atom. The fraction of sp³-hybridized carbons (Fsp3) is 0.350. The van der Waals surface area contributed by atoms with Crippen LogP contribution in [0.2, 0.25) is 0 Å². The first-order valence-electron chi connectivity index (χ1n) is 8.70. The van der Waals surface area contributed by atoms with Gasteiger partial charge in [-0.15, -0.1) is 0 Å². The maximum atomic E-state index is 12.5. The van der Waals surface area contributed by atoms with Crippen molar-refractivity contribution in [2.45, 2.75) is 26.3 Å². The Bertz CT molecular complexity index is 720. The number of amides is 2. The van der Waals surface area contributed by atoms with Crippen LogP contribution in [0, 0.1) is 5.92 Å². The quantitative estimate of drug-likeness (QED) is 0.933. The van der Waals surface area contributed by atoms with E-state index in [4.69, 9.17) is 0 Å². The van der Waals surface area contributed by atoms with Gasteiger partial charge in [0.25, 0.3) is 11.8 Å². The van der Waals surface area contributed by atoms with Crippen molar-refractivity contribution in [1.29, 1.82) is 0 Å². The van der Waals surface area contributed by atoms with Crippen molar-refractivity contribution in [3.05, 3.63) is 65.5 Å². The summed E-state index contributed by atoms with van der Waals surface area (Å²) in [5.41, 5.74) is 2.13. The molecular weight excluding hydrogens is 314 g/mol. The SMILES string of the molecule is CC1CCN(C(=O)c2ccc(C(=O)NCc3cccnc3)cc2)CC1. The van der Waals surface area contributed by atoms with Crippen LogP contribution in [-0.4, -0.2) is 34.8 Å². The first kappa shape index (κ1) is 17.1. The average Bonchev–Trinajstić information content (AvgIpc) is 2.67. The number of aromatic nitrogens is 1. The summed E-state index contributed by atoms with van der Waals surface area (Å²) < 4.78 is 0. The van der Waals surface area contributed by atoms with Crippen LogP contribution in [0.15, 0.2) is 48.8 Å². The highest BCUT2D eigenvalue weighted by Gasteiger charge is 2.21. The molecule has 5 nitrogen and oxygen atoms in total. The number of rotatable bonds is 4. The Morgan fingerprint density at radius 3 is 2.44 bits per heavy atom. The van der Waals surface area contributed by atoms with Crippen molar-refractivity contribution in [2.75, 3.05) is 13.1 Å². The minimum atomic E-state index is -0.158. The second-order valence-corrected chi connectivity index (χ2v) is 6.60. The van der Waals surface area contributed by atoms with Gasteiger partial charge in [-0.2, -0.15) is 0 Å². The Hall–Kier alpha value is -2.69. The molecule has 0 unspecified atom stereocenters. The number of piperidine rings is 1. The Labute approximate surface area is 148 Å². The molecule has 1 N–H and O–H groups in total. The lowest BCUT2D eigenvalue weighted by Crippen LogP contribution is -2.37. The van der Waals surface area contributed by atoms with E-state index in [0.717, 1.165) is 31.5 Å². The molecule has 2 aromatic rings. The molecule has 1 saturated heterocycles. The number of nitrogens with zero attached hydrogens (tertiary/aromatic N) is 2. The lowest BCUT2D eigenvalue weighted by molar-refractivity contribution is 0.0696. The van der Waals surface area contributed by atoms with Crippen molar-refractivity contribution in [2.24, 2.45) is 5.92 Å². The zero-order chi connectivity index (χ0) is 17.6. The van der Waals surface area contributed by atoms with Crippen molar-refractivity contribution < 1.29 is 9.59 Å². The molecular formula is C20H23N3O2. The van der Waals surface area contributed by atoms with Crippen molar-refractivity contribution in [3.63, 3.8) is 0 Å². The molecule has 3 rings (SSSR count). The number of hydrogen-bond acceptors (Lipinski definition) is 3. The third-order valence-corrected chi connectivity index (χ3v) is 4.64. The second-order valence-electron chi connectivity index (χ2n) is 6.60. The normalized spacial score (nSPS) is 15.0. The molecule has 2 heterocycles. The van der Waals surface area contributed by atoms with E-state index in [9.17, 15) is 9.59 Å². The van der Waals surface area contributed by atoms with Gasteiger partial charge < -0.3 is 10.2 Å². The molecule has 2 amide bonds. The number of benzene rings is 1. The molecule has 0 radical (unpaired) electrons. The Kier molecular flexibility index (Phi) is 5.43. The molecule has 1 aromatic carbocycles. The first-order valence-corrected chi connectivity index (χ1v) is 8.70. The molecule has 0 atom stereocenters. The summed E-state index contributed by atoms with van der Waals surface area (Å²) in [6.45, 7) is 4.28. The van der Waals surface area contributed by atoms with E-state index in [0.29, 0.717) is 23.6 Å². The average molecular weight is 337 g/mol. The van der Waals surface area contributed by atoms with E-state index in [1.165, 1.54) is 0 Å². The van der Waals surface area contributed by atoms with Gasteiger partial charge in [0, 0.05) is 43.2 Å². The monoisotopic (exact) mass is 337 g/mol. The minimum absolute atomic E-state index is 0.0502. The summed E-state index contributed by atoms with van der Waals surface area (Å²) in [5.74, 6) is 0.582. The Balaban J connectivity index is 1.58. The number of likely N-dealkylation sites (tertiary alicyclic amines) is 1. The van der Waals surface area contributed by atoms with Crippen LogP contribution in [0.3, 0.4) is 0 Å². The zero-order valence-corrected chi connectivity index (χ0v) is 14.4. The zero-order valence-electron chi connectivity index (χ0n) is 14.4. The number of carbonyl (C=O) groups excluding carboxylic acids is 2. The lowest BCUT2D eigenvalue weighted by atomic mass is 9.98. The van der Waals surface area contributed by atoms with E-state index < -0.39 is 0 Å². The molecule has 25 heavy (non-hydrogen) atoms. The summed E-state index contributed by atoms with van der Waals surface area (Å²) in [7, 11) is 0. The molecule has 0 saturated carbocycles. The first-order chi connectivity index (χ1) is 12.1. The highest BCUT2D eigenvalue weighted by atomic mass is 16.2. The van der Waals surface area contributed by atoms with Crippen LogP contribution in [0.25, 0.3) is 0 Å². The molecule has 0 bridgehead atoms. The number of hydrogen-bond donors (Lipinski definition) is 1. The maximum Gasteiger partial charge on any atom is 0.253 e. The van der Waals surface area contributed by atoms with Crippen LogP contribution in [-0.2, 0) is 6.54 Å². The molecule has 1 aliphatic rings. The van der Waals surface area contributed by atoms with Gasteiger partial charge in [0.2, 0.25) is 0 Å². The van der Waals surface area contributed by atoms with E-state index in [2.05, 4.69) is 17.2 Å². The molecule has 5 heteroatoms. The molecule has 130 valence electrons. The van der Waals surface area contributed by atoms with Crippen molar-refractivity contribution in [3.8, 4) is 0 Å². The van der Waals surface area contributed by atoms with Crippen LogP contribution in [0.5, 0.6) is 0 Å². The summed E-state index contributed by atoms with van der Waals surface area (Å²) in [6, 6.07) is 10.6. The molecule has 1 aromatic heterocycles. The van der Waals surface area contributed by atoms with Gasteiger partial charge >= 0.3 is 0 Å². The van der Waals surface area contributed by atoms with Crippen LogP contribution < -0.4 is 5.32 Å². The molecule has 1 aliphatic heterocycles. The van der Waals surface area contributed by atoms with E-state index in [1.807, 2.05) is 17.0 Å². The number of nitrogens with one attached hydrogen (secondary N) is 1. The van der Waals surface area contributed by atoms with Crippen molar-refractivity contribution >= 4 is 11.8 Å². The van der Waals surface area contributed by atoms with Gasteiger partial charge in [-0.05, 0) is 54.7 Å². The minimum Gasteiger partial charge on any atom is -0.348 e. The summed E-state index contributed by atoms with van der Waals surface area (Å²) in [4.78, 5) is 30.6. The highest BCUT2D eigenvalue weighted by Crippen LogP contribution is 2.18. The number of pyridine rings is 1. The van der Waals surface area contributed by atoms with E-state index in [1.54, 1.807) is 36.7 Å². The van der Waals surface area contributed by atoms with Gasteiger partial charge in [0.1, 0.15) is 0 Å². The van der Waals surface area contributed by atoms with E-state index >= 15 is 0 Å². The second kappa shape index (κ2) is 7.92. The molecule has 0 aliphatic carbocycles. The predicted octanol–water partition coefficient (Wildman–Crippen LogP) is 2.88. The highest BCUT2D eigenvalue weighted by molar-refractivity contribution is 5.97. The maximum absolute atomic E-state index is 12.5. The third-order valence-electron chi connectivity index (χ3n) is 4.64. The van der Waals surface area contributed by atoms with Gasteiger partial charge in [0.15, 0.2) is 0 Å². The molecule has 1 fully saturated rings. The lowest BCUT2D eigenvalue weighted by Gasteiger charge is -2.30. The number of carbonyl (C=O) groups is 2. The van der Waals surface area contributed by atoms with Gasteiger partial charge in [-0.25, -0.2) is 0 Å². The summed E-state index contributed by atoms with van der Waals surface area (Å²) in [5, 5.41) is 2.86. The third kappa shape index (κ3) is 4.44. The Morgan fingerprint density at radius 2 is 1.80 bits per heavy atom. The summed E-state index contributed by atoms with van der Waals surface area (Å²) in [6.07, 6.45) is 5.53. The largest absolute Gasteiger partial charge is 0.348 e. The standard InChI is InChI=1S/C20H23N3O2/c1-15-8-11-23(12-9-15)20(25)18-6-4-17(5-7-18)19(24)22-14-16-3-2-10-21-13-16/h2-7,10,13,15H,8-9,11-12,14H2,1H3,(H,22,24).